The van der Waals surface area contributed by atoms with Crippen LogP contribution in [-0.2, 0) is 13.6 Å². The predicted octanol–water partition coefficient (Wildman–Crippen LogP) is 3.53. The van der Waals surface area contributed by atoms with Crippen molar-refractivity contribution in [3.8, 4) is 11.4 Å². The van der Waals surface area contributed by atoms with Gasteiger partial charge in [-0.05, 0) is 59.5 Å². The molecule has 8 heteroatoms. The lowest BCUT2D eigenvalue weighted by Crippen LogP contribution is -2.31. The lowest BCUT2D eigenvalue weighted by molar-refractivity contribution is 0.220. The normalized spacial score (nSPS) is 13.9. The lowest BCUT2D eigenvalue weighted by Gasteiger charge is -2.29. The summed E-state index contributed by atoms with van der Waals surface area (Å²) in [5.41, 5.74) is 3.91. The Morgan fingerprint density at radius 1 is 1.10 bits per heavy atom. The Bertz CT molecular complexity index is 993. The SMILES string of the molecule is CN(Cc1ccc(N2CCCCC2)cc1)C(=O)Nc1cccc(-c2nnnn2C)c1. The van der Waals surface area contributed by atoms with Crippen LogP contribution < -0.4 is 10.2 Å². The first-order valence-electron chi connectivity index (χ1n) is 10.3. The van der Waals surface area contributed by atoms with E-state index in [1.807, 2.05) is 24.3 Å². The van der Waals surface area contributed by atoms with Crippen LogP contribution in [-0.4, -0.2) is 51.3 Å². The van der Waals surface area contributed by atoms with Gasteiger partial charge in [-0.2, -0.15) is 0 Å². The highest BCUT2D eigenvalue weighted by Crippen LogP contribution is 2.22. The Balaban J connectivity index is 1.36. The van der Waals surface area contributed by atoms with Crippen LogP contribution in [0, 0.1) is 0 Å². The summed E-state index contributed by atoms with van der Waals surface area (Å²) in [6.07, 6.45) is 3.85. The molecule has 3 aromatic rings. The molecular formula is C22H27N7O. The van der Waals surface area contributed by atoms with Gasteiger partial charge in [-0.3, -0.25) is 0 Å². The number of nitrogens with one attached hydrogen (secondary N) is 1. The molecule has 8 nitrogen and oxygen atoms in total. The second-order valence-electron chi connectivity index (χ2n) is 7.71. The smallest absolute Gasteiger partial charge is 0.321 e. The molecule has 0 radical (unpaired) electrons. The van der Waals surface area contributed by atoms with Crippen molar-refractivity contribution in [2.24, 2.45) is 7.05 Å². The summed E-state index contributed by atoms with van der Waals surface area (Å²) in [7, 11) is 3.58. The van der Waals surface area contributed by atoms with Gasteiger partial charge in [0.1, 0.15) is 0 Å². The average Bonchev–Trinajstić information content (AvgIpc) is 3.21. The van der Waals surface area contributed by atoms with Crippen LogP contribution in [0.25, 0.3) is 11.4 Å². The van der Waals surface area contributed by atoms with E-state index < -0.39 is 0 Å². The molecule has 0 bridgehead atoms. The van der Waals surface area contributed by atoms with E-state index in [1.165, 1.54) is 24.9 Å². The second kappa shape index (κ2) is 8.94. The molecule has 2 aromatic carbocycles. The monoisotopic (exact) mass is 405 g/mol. The van der Waals surface area contributed by atoms with Crippen LogP contribution in [0.4, 0.5) is 16.2 Å². The van der Waals surface area contributed by atoms with Crippen molar-refractivity contribution in [1.82, 2.24) is 25.1 Å². The number of hydrogen-bond acceptors (Lipinski definition) is 5. The van der Waals surface area contributed by atoms with Crippen LogP contribution in [0.5, 0.6) is 0 Å². The quantitative estimate of drug-likeness (QED) is 0.702. The van der Waals surface area contributed by atoms with Crippen molar-refractivity contribution >= 4 is 17.4 Å². The summed E-state index contributed by atoms with van der Waals surface area (Å²) in [6.45, 7) is 2.80. The maximum atomic E-state index is 12.7. The van der Waals surface area contributed by atoms with Crippen molar-refractivity contribution < 1.29 is 4.79 Å². The van der Waals surface area contributed by atoms with Crippen LogP contribution in [0.2, 0.25) is 0 Å². The van der Waals surface area contributed by atoms with Gasteiger partial charge >= 0.3 is 6.03 Å². The molecule has 1 N–H and O–H groups in total. The number of anilines is 2. The third kappa shape index (κ3) is 4.59. The minimum absolute atomic E-state index is 0.164. The highest BCUT2D eigenvalue weighted by atomic mass is 16.2. The Labute approximate surface area is 176 Å². The number of benzene rings is 2. The number of tetrazole rings is 1. The Morgan fingerprint density at radius 2 is 1.87 bits per heavy atom. The number of rotatable bonds is 5. The number of carbonyl (C=O) groups excluding carboxylic acids is 1. The molecule has 2 heterocycles. The first-order chi connectivity index (χ1) is 14.6. The molecule has 1 fully saturated rings. The zero-order chi connectivity index (χ0) is 20.9. The fraction of sp³-hybridized carbons (Fsp3) is 0.364. The van der Waals surface area contributed by atoms with Crippen molar-refractivity contribution in [2.45, 2.75) is 25.8 Å². The first kappa shape index (κ1) is 19.9. The van der Waals surface area contributed by atoms with Crippen molar-refractivity contribution in [3.63, 3.8) is 0 Å². The molecule has 4 rings (SSSR count). The number of aryl methyl sites for hydroxylation is 1. The van der Waals surface area contributed by atoms with Gasteiger partial charge < -0.3 is 15.1 Å². The average molecular weight is 406 g/mol. The minimum atomic E-state index is -0.164. The van der Waals surface area contributed by atoms with Gasteiger partial charge in [0, 0.05) is 50.7 Å². The molecule has 30 heavy (non-hydrogen) atoms. The Kier molecular flexibility index (Phi) is 5.92. The van der Waals surface area contributed by atoms with Gasteiger partial charge in [-0.25, -0.2) is 9.48 Å². The molecule has 2 amide bonds. The largest absolute Gasteiger partial charge is 0.372 e. The van der Waals surface area contributed by atoms with Crippen LogP contribution >= 0.6 is 0 Å². The number of hydrogen-bond donors (Lipinski definition) is 1. The third-order valence-electron chi connectivity index (χ3n) is 5.42. The van der Waals surface area contributed by atoms with Crippen molar-refractivity contribution in [1.29, 1.82) is 0 Å². The zero-order valence-electron chi connectivity index (χ0n) is 17.5. The number of amides is 2. The van der Waals surface area contributed by atoms with E-state index in [1.54, 1.807) is 23.7 Å². The fourth-order valence-corrected chi connectivity index (χ4v) is 3.74. The van der Waals surface area contributed by atoms with E-state index >= 15 is 0 Å². The molecule has 0 saturated carbocycles. The van der Waals surface area contributed by atoms with Crippen LogP contribution in [0.3, 0.4) is 0 Å². The van der Waals surface area contributed by atoms with E-state index in [0.29, 0.717) is 18.1 Å². The summed E-state index contributed by atoms with van der Waals surface area (Å²) in [5.74, 6) is 0.647. The van der Waals surface area contributed by atoms with Gasteiger partial charge in [0.25, 0.3) is 0 Å². The van der Waals surface area contributed by atoms with Crippen LogP contribution in [0.15, 0.2) is 48.5 Å². The van der Waals surface area contributed by atoms with E-state index in [0.717, 1.165) is 24.2 Å². The predicted molar refractivity (Wildman–Crippen MR) is 117 cm³/mol. The van der Waals surface area contributed by atoms with Crippen molar-refractivity contribution in [2.75, 3.05) is 30.4 Å². The molecule has 1 aliphatic heterocycles. The maximum absolute atomic E-state index is 12.7. The standard InChI is InChI=1S/C22H27N7O/c1-27(16-17-9-11-20(12-10-17)29-13-4-3-5-14-29)22(30)23-19-8-6-7-18(15-19)21-24-25-26-28(21)2/h6-12,15H,3-5,13-14,16H2,1-2H3,(H,23,30). The highest BCUT2D eigenvalue weighted by Gasteiger charge is 2.13. The maximum Gasteiger partial charge on any atom is 0.321 e. The molecule has 0 spiro atoms. The fourth-order valence-electron chi connectivity index (χ4n) is 3.74. The third-order valence-corrected chi connectivity index (χ3v) is 5.42. The van der Waals surface area contributed by atoms with E-state index in [9.17, 15) is 4.79 Å². The van der Waals surface area contributed by atoms with Crippen molar-refractivity contribution in [3.05, 3.63) is 54.1 Å². The summed E-state index contributed by atoms with van der Waals surface area (Å²) >= 11 is 0. The first-order valence-corrected chi connectivity index (χ1v) is 10.3. The number of urea groups is 1. The van der Waals surface area contributed by atoms with Gasteiger partial charge in [0.05, 0.1) is 0 Å². The molecule has 1 aliphatic rings. The van der Waals surface area contributed by atoms with Gasteiger partial charge in [0.15, 0.2) is 5.82 Å². The zero-order valence-corrected chi connectivity index (χ0v) is 17.5. The van der Waals surface area contributed by atoms with Crippen LogP contribution in [0.1, 0.15) is 24.8 Å². The second-order valence-corrected chi connectivity index (χ2v) is 7.71. The summed E-state index contributed by atoms with van der Waals surface area (Å²) < 4.78 is 1.60. The lowest BCUT2D eigenvalue weighted by atomic mass is 10.1. The number of nitrogens with zero attached hydrogens (tertiary/aromatic N) is 6. The molecule has 1 saturated heterocycles. The van der Waals surface area contributed by atoms with E-state index in [-0.39, 0.29) is 6.03 Å². The topological polar surface area (TPSA) is 79.2 Å². The Morgan fingerprint density at radius 3 is 2.57 bits per heavy atom. The molecule has 1 aromatic heterocycles. The minimum Gasteiger partial charge on any atom is -0.372 e. The Hall–Kier alpha value is -3.42. The number of aromatic nitrogens is 4. The molecule has 0 atom stereocenters. The molecule has 0 aliphatic carbocycles. The molecule has 156 valence electrons. The summed E-state index contributed by atoms with van der Waals surface area (Å²) in [4.78, 5) is 16.8. The van der Waals surface area contributed by atoms with E-state index in [4.69, 9.17) is 0 Å². The summed E-state index contributed by atoms with van der Waals surface area (Å²) in [5, 5.41) is 14.5. The number of piperidine rings is 1. The number of carbonyl (C=O) groups is 1. The van der Waals surface area contributed by atoms with Gasteiger partial charge in [-0.1, -0.05) is 24.3 Å². The van der Waals surface area contributed by atoms with E-state index in [2.05, 4.69) is 50.0 Å². The highest BCUT2D eigenvalue weighted by molar-refractivity contribution is 5.89. The molecule has 0 unspecified atom stereocenters. The summed E-state index contributed by atoms with van der Waals surface area (Å²) in [6, 6.07) is 15.9. The van der Waals surface area contributed by atoms with Gasteiger partial charge in [-0.15, -0.1) is 5.10 Å². The molecular weight excluding hydrogens is 378 g/mol. The van der Waals surface area contributed by atoms with Gasteiger partial charge in [0.2, 0.25) is 0 Å².